The van der Waals surface area contributed by atoms with Gasteiger partial charge >= 0.3 is 0 Å². The van der Waals surface area contributed by atoms with Crippen LogP contribution < -0.4 is 5.73 Å². The summed E-state index contributed by atoms with van der Waals surface area (Å²) in [5.74, 6) is 1.71. The van der Waals surface area contributed by atoms with Gasteiger partial charge in [0.05, 0.1) is 0 Å². The SMILES string of the molecule is CS(=O)(=O)C1CSCCN1CC1(N)CCCC1. The standard InChI is InChI=1S/C11H22N2O2S2/c1-17(14,15)10-8-16-7-6-13(10)9-11(12)4-2-3-5-11/h10H,2-9,12H2,1H3. The van der Waals surface area contributed by atoms with E-state index in [1.54, 1.807) is 11.8 Å². The van der Waals surface area contributed by atoms with E-state index in [2.05, 4.69) is 4.90 Å². The molecule has 2 aliphatic rings. The van der Waals surface area contributed by atoms with Gasteiger partial charge in [-0.2, -0.15) is 11.8 Å². The number of hydrogen-bond donors (Lipinski definition) is 1. The normalized spacial score (nSPS) is 30.6. The molecule has 0 aromatic rings. The molecule has 0 aromatic heterocycles. The molecule has 4 nitrogen and oxygen atoms in total. The third-order valence-electron chi connectivity index (χ3n) is 3.80. The maximum absolute atomic E-state index is 11.8. The van der Waals surface area contributed by atoms with Gasteiger partial charge in [-0.15, -0.1) is 0 Å². The van der Waals surface area contributed by atoms with E-state index in [1.807, 2.05) is 0 Å². The predicted molar refractivity (Wildman–Crippen MR) is 72.9 cm³/mol. The molecule has 0 radical (unpaired) electrons. The van der Waals surface area contributed by atoms with Gasteiger partial charge in [0.2, 0.25) is 0 Å². The fourth-order valence-corrected chi connectivity index (χ4v) is 5.77. The molecular formula is C11H22N2O2S2. The minimum atomic E-state index is -2.99. The quantitative estimate of drug-likeness (QED) is 0.822. The zero-order chi connectivity index (χ0) is 12.5. The molecule has 1 heterocycles. The third kappa shape index (κ3) is 3.36. The highest BCUT2D eigenvalue weighted by molar-refractivity contribution is 8.00. The first-order valence-electron chi connectivity index (χ1n) is 6.20. The first kappa shape index (κ1) is 13.6. The van der Waals surface area contributed by atoms with Crippen LogP contribution in [0.25, 0.3) is 0 Å². The summed E-state index contributed by atoms with van der Waals surface area (Å²) in [6.45, 7) is 1.59. The minimum absolute atomic E-state index is 0.148. The van der Waals surface area contributed by atoms with Crippen LogP contribution in [0.15, 0.2) is 0 Å². The second kappa shape index (κ2) is 5.07. The molecule has 1 aliphatic carbocycles. The maximum atomic E-state index is 11.8. The molecule has 1 atom stereocenters. The van der Waals surface area contributed by atoms with Crippen LogP contribution in [0, 0.1) is 0 Å². The van der Waals surface area contributed by atoms with Gasteiger partial charge < -0.3 is 5.73 Å². The van der Waals surface area contributed by atoms with Crippen LogP contribution in [0.2, 0.25) is 0 Å². The smallest absolute Gasteiger partial charge is 0.164 e. The van der Waals surface area contributed by atoms with Gasteiger partial charge in [-0.1, -0.05) is 12.8 Å². The van der Waals surface area contributed by atoms with Crippen LogP contribution >= 0.6 is 11.8 Å². The molecule has 2 rings (SSSR count). The van der Waals surface area contributed by atoms with Gasteiger partial charge in [-0.05, 0) is 12.8 Å². The van der Waals surface area contributed by atoms with Gasteiger partial charge in [0, 0.05) is 36.4 Å². The Hall–Kier alpha value is 0.220. The number of nitrogens with zero attached hydrogens (tertiary/aromatic N) is 1. The number of thioether (sulfide) groups is 1. The van der Waals surface area contributed by atoms with Crippen molar-refractivity contribution in [2.24, 2.45) is 5.73 Å². The highest BCUT2D eigenvalue weighted by Crippen LogP contribution is 2.30. The molecule has 2 fully saturated rings. The van der Waals surface area contributed by atoms with Crippen molar-refractivity contribution < 1.29 is 8.42 Å². The molecule has 17 heavy (non-hydrogen) atoms. The van der Waals surface area contributed by atoms with Crippen LogP contribution in [0.5, 0.6) is 0 Å². The van der Waals surface area contributed by atoms with Gasteiger partial charge in [0.15, 0.2) is 9.84 Å². The second-order valence-electron chi connectivity index (χ2n) is 5.40. The Morgan fingerprint density at radius 3 is 2.65 bits per heavy atom. The van der Waals surface area contributed by atoms with Crippen molar-refractivity contribution in [1.82, 2.24) is 4.90 Å². The summed E-state index contributed by atoms with van der Waals surface area (Å²) in [5.41, 5.74) is 6.20. The van der Waals surface area contributed by atoms with Crippen LogP contribution in [0.1, 0.15) is 25.7 Å². The van der Waals surface area contributed by atoms with E-state index in [9.17, 15) is 8.42 Å². The summed E-state index contributed by atoms with van der Waals surface area (Å²) in [6, 6.07) is 0. The topological polar surface area (TPSA) is 63.4 Å². The lowest BCUT2D eigenvalue weighted by molar-refractivity contribution is 0.206. The number of sulfone groups is 1. The molecule has 100 valence electrons. The van der Waals surface area contributed by atoms with Crippen molar-refractivity contribution >= 4 is 21.6 Å². The predicted octanol–water partition coefficient (Wildman–Crippen LogP) is 0.677. The Bertz CT molecular complexity index is 364. The molecule has 0 aromatic carbocycles. The fraction of sp³-hybridized carbons (Fsp3) is 1.00. The largest absolute Gasteiger partial charge is 0.324 e. The molecule has 0 spiro atoms. The summed E-state index contributed by atoms with van der Waals surface area (Å²) in [4.78, 5) is 2.09. The van der Waals surface area contributed by atoms with Crippen molar-refractivity contribution in [1.29, 1.82) is 0 Å². The molecule has 1 aliphatic heterocycles. The Labute approximate surface area is 108 Å². The van der Waals surface area contributed by atoms with Gasteiger partial charge in [-0.25, -0.2) is 8.42 Å². The van der Waals surface area contributed by atoms with E-state index in [1.165, 1.54) is 19.1 Å². The highest BCUT2D eigenvalue weighted by Gasteiger charge is 2.37. The molecule has 0 amide bonds. The average molecular weight is 278 g/mol. The maximum Gasteiger partial charge on any atom is 0.164 e. The van der Waals surface area contributed by atoms with E-state index in [4.69, 9.17) is 5.73 Å². The van der Waals surface area contributed by atoms with E-state index < -0.39 is 9.84 Å². The third-order valence-corrected chi connectivity index (χ3v) is 6.49. The zero-order valence-electron chi connectivity index (χ0n) is 10.4. The molecule has 1 saturated carbocycles. The minimum Gasteiger partial charge on any atom is -0.324 e. The first-order valence-corrected chi connectivity index (χ1v) is 9.31. The monoisotopic (exact) mass is 278 g/mol. The highest BCUT2D eigenvalue weighted by atomic mass is 32.2. The first-order chi connectivity index (χ1) is 7.91. The van der Waals surface area contributed by atoms with Crippen LogP contribution in [0.3, 0.4) is 0 Å². The molecule has 2 N–H and O–H groups in total. The molecular weight excluding hydrogens is 256 g/mol. The van der Waals surface area contributed by atoms with E-state index >= 15 is 0 Å². The summed E-state index contributed by atoms with van der Waals surface area (Å²) in [7, 11) is -2.99. The Morgan fingerprint density at radius 1 is 1.41 bits per heavy atom. The van der Waals surface area contributed by atoms with E-state index in [0.717, 1.165) is 31.7 Å². The fourth-order valence-electron chi connectivity index (χ4n) is 2.83. The Morgan fingerprint density at radius 2 is 2.06 bits per heavy atom. The summed E-state index contributed by atoms with van der Waals surface area (Å²) in [5, 5.41) is -0.331. The van der Waals surface area contributed by atoms with Gasteiger partial charge in [0.25, 0.3) is 0 Å². The number of rotatable bonds is 3. The van der Waals surface area contributed by atoms with Gasteiger partial charge in [0.1, 0.15) is 5.37 Å². The summed E-state index contributed by atoms with van der Waals surface area (Å²) >= 11 is 1.73. The molecule has 6 heteroatoms. The number of hydrogen-bond acceptors (Lipinski definition) is 5. The van der Waals surface area contributed by atoms with Crippen molar-refractivity contribution in [3.63, 3.8) is 0 Å². The Kier molecular flexibility index (Phi) is 4.07. The van der Waals surface area contributed by atoms with E-state index in [-0.39, 0.29) is 10.9 Å². The van der Waals surface area contributed by atoms with E-state index in [0.29, 0.717) is 5.75 Å². The van der Waals surface area contributed by atoms with Crippen LogP contribution in [-0.4, -0.2) is 55.1 Å². The summed E-state index contributed by atoms with van der Waals surface area (Å²) < 4.78 is 23.6. The Balaban J connectivity index is 2.06. The van der Waals surface area contributed by atoms with Crippen molar-refractivity contribution in [2.45, 2.75) is 36.6 Å². The van der Waals surface area contributed by atoms with Crippen LogP contribution in [0.4, 0.5) is 0 Å². The molecule has 1 saturated heterocycles. The lowest BCUT2D eigenvalue weighted by atomic mass is 9.98. The average Bonchev–Trinajstić information content (AvgIpc) is 2.64. The number of nitrogens with two attached hydrogens (primary N) is 1. The van der Waals surface area contributed by atoms with Crippen molar-refractivity contribution in [3.8, 4) is 0 Å². The van der Waals surface area contributed by atoms with Crippen molar-refractivity contribution in [2.75, 3.05) is 30.9 Å². The molecule has 1 unspecified atom stereocenters. The van der Waals surface area contributed by atoms with Crippen LogP contribution in [-0.2, 0) is 9.84 Å². The van der Waals surface area contributed by atoms with Gasteiger partial charge in [-0.3, -0.25) is 4.90 Å². The zero-order valence-corrected chi connectivity index (χ0v) is 12.0. The lowest BCUT2D eigenvalue weighted by Crippen LogP contribution is -2.55. The second-order valence-corrected chi connectivity index (χ2v) is 8.75. The lowest BCUT2D eigenvalue weighted by Gasteiger charge is -2.39. The van der Waals surface area contributed by atoms with Crippen molar-refractivity contribution in [3.05, 3.63) is 0 Å². The molecule has 0 bridgehead atoms. The summed E-state index contributed by atoms with van der Waals surface area (Å²) in [6.07, 6.45) is 5.78.